The Morgan fingerprint density at radius 2 is 2.16 bits per heavy atom. The number of aromatic nitrogens is 2. The monoisotopic (exact) mass is 342 g/mol. The Hall–Kier alpha value is -1.88. The normalized spacial score (nSPS) is 18.7. The fraction of sp³-hybridized carbons (Fsp3) is 0.600. The number of carbonyl (C=O) groups is 1. The number of likely N-dealkylation sites (tertiary alicyclic amines) is 1. The Labute approximate surface area is 150 Å². The number of aryl methyl sites for hydroxylation is 1. The molecule has 136 valence electrons. The summed E-state index contributed by atoms with van der Waals surface area (Å²) in [6.45, 7) is 5.40. The average molecular weight is 342 g/mol. The van der Waals surface area contributed by atoms with Crippen molar-refractivity contribution in [3.8, 4) is 0 Å². The van der Waals surface area contributed by atoms with Crippen molar-refractivity contribution < 1.29 is 4.79 Å². The van der Waals surface area contributed by atoms with E-state index in [2.05, 4.69) is 34.8 Å². The van der Waals surface area contributed by atoms with Gasteiger partial charge in [0.15, 0.2) is 0 Å². The van der Waals surface area contributed by atoms with Gasteiger partial charge < -0.3 is 14.4 Å². The molecule has 0 aliphatic carbocycles. The fourth-order valence-electron chi connectivity index (χ4n) is 3.81. The van der Waals surface area contributed by atoms with Crippen LogP contribution in [0, 0.1) is 5.92 Å². The van der Waals surface area contributed by atoms with E-state index in [0.717, 1.165) is 44.5 Å². The van der Waals surface area contributed by atoms with Crippen molar-refractivity contribution in [3.05, 3.63) is 30.1 Å². The van der Waals surface area contributed by atoms with E-state index < -0.39 is 0 Å². The number of amides is 1. The molecule has 3 rings (SSSR count). The molecule has 0 aromatic carbocycles. The highest BCUT2D eigenvalue weighted by Crippen LogP contribution is 2.23. The van der Waals surface area contributed by atoms with E-state index in [1.54, 1.807) is 0 Å². The van der Waals surface area contributed by atoms with Gasteiger partial charge >= 0.3 is 0 Å². The molecule has 2 aromatic heterocycles. The Kier molecular flexibility index (Phi) is 5.74. The molecular weight excluding hydrogens is 312 g/mol. The van der Waals surface area contributed by atoms with E-state index in [0.29, 0.717) is 12.5 Å². The Morgan fingerprint density at radius 1 is 1.32 bits per heavy atom. The summed E-state index contributed by atoms with van der Waals surface area (Å²) in [7, 11) is 3.90. The van der Waals surface area contributed by atoms with E-state index >= 15 is 0 Å². The maximum Gasteiger partial charge on any atom is 0.236 e. The third-order valence-electron chi connectivity index (χ3n) is 5.17. The van der Waals surface area contributed by atoms with Gasteiger partial charge in [0.05, 0.1) is 6.54 Å². The van der Waals surface area contributed by atoms with Gasteiger partial charge in [0, 0.05) is 37.4 Å². The molecule has 0 spiro atoms. The first-order valence-corrected chi connectivity index (χ1v) is 9.43. The number of carbonyl (C=O) groups excluding carboxylic acids is 1. The fourth-order valence-corrected chi connectivity index (χ4v) is 3.81. The first-order valence-electron chi connectivity index (χ1n) is 9.43. The average Bonchev–Trinajstić information content (AvgIpc) is 2.84. The topological polar surface area (TPSA) is 41.4 Å². The Bertz CT molecular complexity index is 722. The minimum absolute atomic E-state index is 0.259. The predicted octanol–water partition coefficient (Wildman–Crippen LogP) is 2.79. The van der Waals surface area contributed by atoms with Gasteiger partial charge in [-0.3, -0.25) is 4.79 Å². The van der Waals surface area contributed by atoms with Crippen molar-refractivity contribution in [2.75, 3.05) is 33.7 Å². The zero-order valence-corrected chi connectivity index (χ0v) is 15.7. The lowest BCUT2D eigenvalue weighted by Gasteiger charge is -2.22. The highest BCUT2D eigenvalue weighted by molar-refractivity contribution is 5.78. The molecule has 1 atom stereocenters. The maximum absolute atomic E-state index is 12.3. The van der Waals surface area contributed by atoms with Gasteiger partial charge in [-0.05, 0) is 70.3 Å². The molecular formula is C20H30N4O. The van der Waals surface area contributed by atoms with E-state index in [1.807, 2.05) is 30.1 Å². The van der Waals surface area contributed by atoms with Gasteiger partial charge in [-0.2, -0.15) is 0 Å². The molecule has 3 heterocycles. The molecule has 1 aliphatic rings. The van der Waals surface area contributed by atoms with Crippen molar-refractivity contribution in [2.45, 2.75) is 39.2 Å². The number of rotatable bonds is 5. The van der Waals surface area contributed by atoms with Gasteiger partial charge in [-0.1, -0.05) is 0 Å². The Morgan fingerprint density at radius 3 is 2.92 bits per heavy atom. The van der Waals surface area contributed by atoms with Gasteiger partial charge in [-0.25, -0.2) is 4.98 Å². The molecule has 5 nitrogen and oxygen atoms in total. The summed E-state index contributed by atoms with van der Waals surface area (Å²) in [5, 5.41) is 1.23. The third kappa shape index (κ3) is 4.40. The maximum atomic E-state index is 12.3. The van der Waals surface area contributed by atoms with Crippen LogP contribution in [0.5, 0.6) is 0 Å². The lowest BCUT2D eigenvalue weighted by atomic mass is 9.93. The second-order valence-electron chi connectivity index (χ2n) is 7.48. The van der Waals surface area contributed by atoms with Gasteiger partial charge in [0.25, 0.3) is 0 Å². The van der Waals surface area contributed by atoms with Crippen LogP contribution in [0.2, 0.25) is 0 Å². The van der Waals surface area contributed by atoms with E-state index in [9.17, 15) is 4.79 Å². The van der Waals surface area contributed by atoms with Crippen LogP contribution in [0.15, 0.2) is 24.5 Å². The summed E-state index contributed by atoms with van der Waals surface area (Å²) in [4.78, 5) is 20.9. The standard InChI is InChI=1S/C20H30N4O/c1-4-23-11-8-18-13-17(14-21-20(18)23)12-16-6-5-9-24(10-7-16)19(25)15-22(2)3/h8,11,13-14,16H,4-7,9-10,12,15H2,1-3H3. The van der Waals surface area contributed by atoms with Crippen LogP contribution >= 0.6 is 0 Å². The summed E-state index contributed by atoms with van der Waals surface area (Å²) in [6.07, 6.45) is 8.60. The molecule has 5 heteroatoms. The van der Waals surface area contributed by atoms with E-state index in [1.165, 1.54) is 17.4 Å². The summed E-state index contributed by atoms with van der Waals surface area (Å²) in [5.41, 5.74) is 2.40. The smallest absolute Gasteiger partial charge is 0.236 e. The number of hydrogen-bond acceptors (Lipinski definition) is 3. The number of nitrogens with zero attached hydrogens (tertiary/aromatic N) is 4. The number of hydrogen-bond donors (Lipinski definition) is 0. The first kappa shape index (κ1) is 17.9. The number of fused-ring (bicyclic) bond motifs is 1. The summed E-state index contributed by atoms with van der Waals surface area (Å²) >= 11 is 0. The van der Waals surface area contributed by atoms with Crippen LogP contribution < -0.4 is 0 Å². The number of likely N-dealkylation sites (N-methyl/N-ethyl adjacent to an activating group) is 1. The molecule has 25 heavy (non-hydrogen) atoms. The van der Waals surface area contributed by atoms with Crippen LogP contribution in [-0.2, 0) is 17.8 Å². The summed E-state index contributed by atoms with van der Waals surface area (Å²) in [5.74, 6) is 0.902. The molecule has 1 unspecified atom stereocenters. The SMILES string of the molecule is CCn1ccc2cc(CC3CCCN(C(=O)CN(C)C)CC3)cnc21. The highest BCUT2D eigenvalue weighted by atomic mass is 16.2. The predicted molar refractivity (Wildman–Crippen MR) is 102 cm³/mol. The largest absolute Gasteiger partial charge is 0.342 e. The zero-order valence-electron chi connectivity index (χ0n) is 15.7. The van der Waals surface area contributed by atoms with Gasteiger partial charge in [0.2, 0.25) is 5.91 Å². The van der Waals surface area contributed by atoms with Gasteiger partial charge in [-0.15, -0.1) is 0 Å². The zero-order chi connectivity index (χ0) is 17.8. The van der Waals surface area contributed by atoms with Crippen molar-refractivity contribution in [1.29, 1.82) is 0 Å². The second kappa shape index (κ2) is 8.00. The summed E-state index contributed by atoms with van der Waals surface area (Å²) < 4.78 is 2.18. The molecule has 0 saturated carbocycles. The molecule has 1 aliphatic heterocycles. The molecule has 0 N–H and O–H groups in total. The third-order valence-corrected chi connectivity index (χ3v) is 5.17. The lowest BCUT2D eigenvalue weighted by Crippen LogP contribution is -2.38. The molecule has 1 fully saturated rings. The molecule has 1 saturated heterocycles. The van der Waals surface area contributed by atoms with Gasteiger partial charge in [0.1, 0.15) is 5.65 Å². The van der Waals surface area contributed by atoms with Crippen molar-refractivity contribution >= 4 is 16.9 Å². The van der Waals surface area contributed by atoms with E-state index in [-0.39, 0.29) is 5.91 Å². The lowest BCUT2D eigenvalue weighted by molar-refractivity contribution is -0.131. The van der Waals surface area contributed by atoms with Crippen molar-refractivity contribution in [3.63, 3.8) is 0 Å². The second-order valence-corrected chi connectivity index (χ2v) is 7.48. The minimum atomic E-state index is 0.259. The van der Waals surface area contributed by atoms with Crippen molar-refractivity contribution in [1.82, 2.24) is 19.4 Å². The van der Waals surface area contributed by atoms with E-state index in [4.69, 9.17) is 0 Å². The Balaban J connectivity index is 1.61. The molecule has 1 amide bonds. The van der Waals surface area contributed by atoms with Crippen LogP contribution in [-0.4, -0.2) is 59.0 Å². The quantitative estimate of drug-likeness (QED) is 0.839. The van der Waals surface area contributed by atoms with Crippen LogP contribution in [0.25, 0.3) is 11.0 Å². The molecule has 0 radical (unpaired) electrons. The molecule has 2 aromatic rings. The number of pyridine rings is 1. The van der Waals surface area contributed by atoms with Crippen LogP contribution in [0.4, 0.5) is 0 Å². The molecule has 0 bridgehead atoms. The highest BCUT2D eigenvalue weighted by Gasteiger charge is 2.21. The summed E-state index contributed by atoms with van der Waals surface area (Å²) in [6, 6.07) is 4.44. The van der Waals surface area contributed by atoms with Crippen molar-refractivity contribution in [2.24, 2.45) is 5.92 Å². The van der Waals surface area contributed by atoms with Crippen LogP contribution in [0.3, 0.4) is 0 Å². The van der Waals surface area contributed by atoms with Crippen LogP contribution in [0.1, 0.15) is 31.7 Å². The first-order chi connectivity index (χ1) is 12.1. The minimum Gasteiger partial charge on any atom is -0.342 e.